The van der Waals surface area contributed by atoms with Gasteiger partial charge in [-0.2, -0.15) is 0 Å². The zero-order valence-corrected chi connectivity index (χ0v) is 10.8. The van der Waals surface area contributed by atoms with Crippen LogP contribution in [0.4, 0.5) is 0 Å². The molecule has 1 saturated heterocycles. The molecule has 0 aromatic heterocycles. The molecule has 116 valence electrons. The number of hydrogen-bond donors (Lipinski definition) is 5. The topological polar surface area (TPSA) is 161 Å². The molecule has 0 bridgehead atoms. The summed E-state index contributed by atoms with van der Waals surface area (Å²) in [5.74, 6) is -1.01. The van der Waals surface area contributed by atoms with Crippen LogP contribution in [-0.4, -0.2) is 76.0 Å². The Morgan fingerprint density at radius 2 is 1.75 bits per heavy atom. The Morgan fingerprint density at radius 3 is 2.30 bits per heavy atom. The third-order valence-electron chi connectivity index (χ3n) is 2.98. The largest absolute Gasteiger partial charge is 0.433 e. The summed E-state index contributed by atoms with van der Waals surface area (Å²) in [6, 6.07) is 0. The number of esters is 1. The van der Waals surface area contributed by atoms with E-state index in [9.17, 15) is 24.9 Å². The number of rotatable bonds is 6. The third-order valence-corrected chi connectivity index (χ3v) is 2.98. The number of carbonyl (C=O) groups is 2. The molecule has 1 aliphatic rings. The first-order chi connectivity index (χ1) is 9.40. The lowest BCUT2D eigenvalue weighted by Gasteiger charge is -2.39. The highest BCUT2D eigenvalue weighted by Gasteiger charge is 2.45. The van der Waals surface area contributed by atoms with Crippen molar-refractivity contribution in [2.75, 3.05) is 13.2 Å². The zero-order valence-electron chi connectivity index (χ0n) is 10.8. The van der Waals surface area contributed by atoms with Gasteiger partial charge in [0.2, 0.25) is 6.29 Å². The lowest BCUT2D eigenvalue weighted by molar-refractivity contribution is -0.354. The number of aliphatic hydroxyl groups excluding tert-OH is 4. The predicted octanol–water partition coefficient (Wildman–Crippen LogP) is -4.08. The molecule has 0 amide bonds. The first-order valence-electron chi connectivity index (χ1n) is 6.21. The molecule has 5 atom stereocenters. The van der Waals surface area contributed by atoms with Gasteiger partial charge in [-0.25, -0.2) is 0 Å². The van der Waals surface area contributed by atoms with E-state index in [-0.39, 0.29) is 25.2 Å². The van der Waals surface area contributed by atoms with Crippen LogP contribution in [0.3, 0.4) is 0 Å². The van der Waals surface area contributed by atoms with Gasteiger partial charge in [-0.15, -0.1) is 0 Å². The molecule has 7 N–H and O–H groups in total. The molecule has 9 heteroatoms. The second-order valence-corrected chi connectivity index (χ2v) is 4.48. The molecule has 1 fully saturated rings. The quantitative estimate of drug-likeness (QED) is 0.309. The van der Waals surface area contributed by atoms with E-state index >= 15 is 0 Å². The Hall–Kier alpha value is -1.10. The summed E-state index contributed by atoms with van der Waals surface area (Å²) in [5.41, 5.74) is 3.38. The van der Waals surface area contributed by atoms with Crippen LogP contribution in [0, 0.1) is 0 Å². The number of carbonyl (C=O) groups excluding carboxylic acids is 2. The summed E-state index contributed by atoms with van der Waals surface area (Å²) in [4.78, 5) is 22.5. The minimum atomic E-state index is -1.64. The molecule has 0 spiro atoms. The van der Waals surface area contributed by atoms with Crippen molar-refractivity contribution in [2.45, 2.75) is 43.5 Å². The van der Waals surface area contributed by atoms with Crippen LogP contribution < -0.4 is 5.73 Å². The molecule has 0 aromatic rings. The van der Waals surface area contributed by atoms with Crippen molar-refractivity contribution < 1.29 is 45.2 Å². The second-order valence-electron chi connectivity index (χ2n) is 4.48. The maximum atomic E-state index is 11.5. The van der Waals surface area contributed by atoms with Crippen molar-refractivity contribution in [3.05, 3.63) is 0 Å². The monoisotopic (exact) mass is 294 g/mol. The van der Waals surface area contributed by atoms with Crippen molar-refractivity contribution in [3.8, 4) is 0 Å². The molecule has 0 aliphatic carbocycles. The summed E-state index contributed by atoms with van der Waals surface area (Å²) in [6.45, 7) is -0.549. The van der Waals surface area contributed by atoms with E-state index in [1.807, 2.05) is 0 Å². The molecule has 1 rings (SSSR count). The fourth-order valence-corrected chi connectivity index (χ4v) is 1.72. The first-order valence-corrected chi connectivity index (χ1v) is 6.21. The summed E-state index contributed by atoms with van der Waals surface area (Å²) < 4.78 is 9.77. The number of quaternary nitrogens is 1. The van der Waals surface area contributed by atoms with Crippen LogP contribution in [-0.2, 0) is 19.1 Å². The molecule has 1 aliphatic heterocycles. The number of Topliss-reactive ketones (excluding diaryl/α,β-unsaturated/α-hetero) is 1. The van der Waals surface area contributed by atoms with Gasteiger partial charge < -0.3 is 35.6 Å². The second kappa shape index (κ2) is 7.62. The highest BCUT2D eigenvalue weighted by Crippen LogP contribution is 2.22. The van der Waals surface area contributed by atoms with Gasteiger partial charge in [0.05, 0.1) is 13.0 Å². The van der Waals surface area contributed by atoms with Crippen molar-refractivity contribution in [1.82, 2.24) is 0 Å². The van der Waals surface area contributed by atoms with E-state index in [4.69, 9.17) is 14.6 Å². The van der Waals surface area contributed by atoms with Crippen LogP contribution >= 0.6 is 0 Å². The average Bonchev–Trinajstić information content (AvgIpc) is 2.45. The number of aliphatic hydroxyl groups is 4. The standard InChI is InChI=1S/C11H19NO8/c12-3-5(14)1-2-7(15)20-11-10(18)9(17)8(16)6(4-13)19-11/h6,8-11,13,16-18H,1-4,12H2/p+1/t6?,8-,9?,10?,11+/m1/s1. The van der Waals surface area contributed by atoms with Gasteiger partial charge >= 0.3 is 5.97 Å². The maximum Gasteiger partial charge on any atom is 0.308 e. The van der Waals surface area contributed by atoms with Gasteiger partial charge in [-0.1, -0.05) is 0 Å². The van der Waals surface area contributed by atoms with E-state index in [1.165, 1.54) is 0 Å². The molecule has 0 radical (unpaired) electrons. The summed E-state index contributed by atoms with van der Waals surface area (Å²) >= 11 is 0. The van der Waals surface area contributed by atoms with Gasteiger partial charge in [0.25, 0.3) is 0 Å². The van der Waals surface area contributed by atoms with Crippen molar-refractivity contribution in [1.29, 1.82) is 0 Å². The van der Waals surface area contributed by atoms with Crippen molar-refractivity contribution in [3.63, 3.8) is 0 Å². The van der Waals surface area contributed by atoms with Gasteiger partial charge in [-0.05, 0) is 0 Å². The van der Waals surface area contributed by atoms with Gasteiger partial charge in [0, 0.05) is 6.42 Å². The Morgan fingerprint density at radius 1 is 1.10 bits per heavy atom. The number of hydrogen-bond acceptors (Lipinski definition) is 8. The van der Waals surface area contributed by atoms with Gasteiger partial charge in [-0.3, -0.25) is 9.59 Å². The smallest absolute Gasteiger partial charge is 0.308 e. The normalized spacial score (nSPS) is 33.8. The molecule has 0 aromatic carbocycles. The minimum absolute atomic E-state index is 0.0419. The lowest BCUT2D eigenvalue weighted by Crippen LogP contribution is -2.59. The van der Waals surface area contributed by atoms with Gasteiger partial charge in [0.15, 0.2) is 5.78 Å². The minimum Gasteiger partial charge on any atom is -0.433 e. The van der Waals surface area contributed by atoms with E-state index in [0.717, 1.165) is 0 Å². The van der Waals surface area contributed by atoms with Crippen molar-refractivity contribution >= 4 is 11.8 Å². The maximum absolute atomic E-state index is 11.5. The van der Waals surface area contributed by atoms with Crippen LogP contribution in [0.5, 0.6) is 0 Å². The third kappa shape index (κ3) is 4.20. The SMILES string of the molecule is [NH3+]CC(=O)CCC(=O)O[C@@H]1OC(CO)[C@@H](O)C(O)C1O. The van der Waals surface area contributed by atoms with E-state index in [1.54, 1.807) is 0 Å². The Labute approximate surface area is 114 Å². The fraction of sp³-hybridized carbons (Fsp3) is 0.818. The molecule has 3 unspecified atom stereocenters. The van der Waals surface area contributed by atoms with E-state index in [0.29, 0.717) is 0 Å². The predicted molar refractivity (Wildman–Crippen MR) is 61.9 cm³/mol. The molecule has 0 saturated carbocycles. The lowest BCUT2D eigenvalue weighted by atomic mass is 9.99. The van der Waals surface area contributed by atoms with E-state index in [2.05, 4.69) is 5.73 Å². The first kappa shape index (κ1) is 17.0. The highest BCUT2D eigenvalue weighted by molar-refractivity contribution is 5.83. The Bertz CT molecular complexity index is 347. The van der Waals surface area contributed by atoms with Gasteiger partial charge in [0.1, 0.15) is 31.0 Å². The molecular formula is C11H20NO8+. The van der Waals surface area contributed by atoms with E-state index < -0.39 is 43.3 Å². The Kier molecular flexibility index (Phi) is 6.46. The summed E-state index contributed by atoms with van der Waals surface area (Å²) in [7, 11) is 0. The molecular weight excluding hydrogens is 274 g/mol. The molecule has 20 heavy (non-hydrogen) atoms. The summed E-state index contributed by atoms with van der Waals surface area (Å²) in [5, 5.41) is 37.6. The van der Waals surface area contributed by atoms with Crippen LogP contribution in [0.2, 0.25) is 0 Å². The number of ether oxygens (including phenoxy) is 2. The fourth-order valence-electron chi connectivity index (χ4n) is 1.72. The summed E-state index contributed by atoms with van der Waals surface area (Å²) in [6.07, 6.45) is -7.66. The van der Waals surface area contributed by atoms with Crippen LogP contribution in [0.15, 0.2) is 0 Å². The zero-order chi connectivity index (χ0) is 15.3. The average molecular weight is 294 g/mol. The Balaban J connectivity index is 2.53. The van der Waals surface area contributed by atoms with Crippen LogP contribution in [0.1, 0.15) is 12.8 Å². The number of ketones is 1. The highest BCUT2D eigenvalue weighted by atomic mass is 16.7. The molecule has 9 nitrogen and oxygen atoms in total. The molecule has 1 heterocycles. The van der Waals surface area contributed by atoms with Crippen molar-refractivity contribution in [2.24, 2.45) is 0 Å². The van der Waals surface area contributed by atoms with Crippen LogP contribution in [0.25, 0.3) is 0 Å².